The Kier molecular flexibility index (Phi) is 5.78. The maximum absolute atomic E-state index is 14.7. The van der Waals surface area contributed by atoms with E-state index < -0.39 is 11.7 Å². The number of morpholine rings is 1. The van der Waals surface area contributed by atoms with Crippen molar-refractivity contribution in [3.05, 3.63) is 58.4 Å². The Labute approximate surface area is 216 Å². The van der Waals surface area contributed by atoms with Crippen molar-refractivity contribution in [2.24, 2.45) is 7.05 Å². The number of aromatic amines is 1. The van der Waals surface area contributed by atoms with Gasteiger partial charge in [0.2, 0.25) is 0 Å². The predicted octanol–water partition coefficient (Wildman–Crippen LogP) is 3.02. The summed E-state index contributed by atoms with van der Waals surface area (Å²) in [6.45, 7) is 3.75. The van der Waals surface area contributed by atoms with Crippen molar-refractivity contribution in [1.29, 1.82) is 0 Å². The molecule has 1 fully saturated rings. The van der Waals surface area contributed by atoms with E-state index in [4.69, 9.17) is 4.74 Å². The molecular formula is C27H27FN6O4. The third kappa shape index (κ3) is 3.78. The van der Waals surface area contributed by atoms with Gasteiger partial charge in [-0.25, -0.2) is 14.4 Å². The molecule has 38 heavy (non-hydrogen) atoms. The second kappa shape index (κ2) is 9.05. The fourth-order valence-electron chi connectivity index (χ4n) is 5.39. The maximum atomic E-state index is 14.7. The third-order valence-electron chi connectivity index (χ3n) is 7.12. The number of aliphatic hydroxyl groups excluding tert-OH is 1. The molecule has 1 aliphatic heterocycles. The molecule has 1 atom stereocenters. The van der Waals surface area contributed by atoms with E-state index in [1.165, 1.54) is 18.3 Å². The van der Waals surface area contributed by atoms with E-state index in [1.807, 2.05) is 6.92 Å². The van der Waals surface area contributed by atoms with Crippen LogP contribution in [0.25, 0.3) is 44.1 Å². The fraction of sp³-hybridized carbons (Fsp3) is 0.296. The number of hydrogen-bond donors (Lipinski definition) is 4. The van der Waals surface area contributed by atoms with E-state index >= 15 is 0 Å². The average Bonchev–Trinajstić information content (AvgIpc) is 3.27. The first-order valence-electron chi connectivity index (χ1n) is 12.3. The summed E-state index contributed by atoms with van der Waals surface area (Å²) < 4.78 is 22.1. The zero-order valence-corrected chi connectivity index (χ0v) is 21.1. The van der Waals surface area contributed by atoms with E-state index in [2.05, 4.69) is 25.2 Å². The second-order valence-corrected chi connectivity index (χ2v) is 9.62. The SMILES string of the molecule is CNc1cc(F)cc2c1[nH]c1ncc(-c3cnc4c(c3)c(=O)c(C(O)O)cn4C)c(N3CCO[C@H](C)C3)c12. The van der Waals surface area contributed by atoms with Crippen molar-refractivity contribution in [1.82, 2.24) is 19.5 Å². The van der Waals surface area contributed by atoms with Crippen LogP contribution in [0.4, 0.5) is 15.8 Å². The summed E-state index contributed by atoms with van der Waals surface area (Å²) in [6.07, 6.45) is 2.83. The first kappa shape index (κ1) is 24.3. The van der Waals surface area contributed by atoms with Crippen molar-refractivity contribution < 1.29 is 19.3 Å². The Morgan fingerprint density at radius 1 is 1.21 bits per heavy atom. The molecule has 0 bridgehead atoms. The number of rotatable bonds is 4. The van der Waals surface area contributed by atoms with Crippen molar-refractivity contribution in [3.63, 3.8) is 0 Å². The van der Waals surface area contributed by atoms with Crippen molar-refractivity contribution in [3.8, 4) is 11.1 Å². The number of aromatic nitrogens is 4. The molecule has 0 aliphatic carbocycles. The number of aryl methyl sites for hydroxylation is 1. The summed E-state index contributed by atoms with van der Waals surface area (Å²) in [5.74, 6) is -0.375. The number of aliphatic hydroxyl groups is 2. The lowest BCUT2D eigenvalue weighted by molar-refractivity contribution is -0.0435. The van der Waals surface area contributed by atoms with Gasteiger partial charge in [0.05, 0.1) is 45.9 Å². The van der Waals surface area contributed by atoms with Gasteiger partial charge in [-0.15, -0.1) is 0 Å². The highest BCUT2D eigenvalue weighted by Gasteiger charge is 2.26. The van der Waals surface area contributed by atoms with Crippen LogP contribution >= 0.6 is 0 Å². The number of fused-ring (bicyclic) bond motifs is 4. The average molecular weight is 519 g/mol. The smallest absolute Gasteiger partial charge is 0.199 e. The van der Waals surface area contributed by atoms with Gasteiger partial charge in [0.15, 0.2) is 11.7 Å². The zero-order chi connectivity index (χ0) is 26.7. The summed E-state index contributed by atoms with van der Waals surface area (Å²) in [4.78, 5) is 27.9. The van der Waals surface area contributed by atoms with Crippen LogP contribution in [0.1, 0.15) is 18.8 Å². The van der Waals surface area contributed by atoms with Gasteiger partial charge in [-0.2, -0.15) is 0 Å². The highest BCUT2D eigenvalue weighted by molar-refractivity contribution is 6.17. The topological polar surface area (TPSA) is 129 Å². The van der Waals surface area contributed by atoms with Crippen LogP contribution in [0.15, 0.2) is 41.6 Å². The van der Waals surface area contributed by atoms with E-state index in [-0.39, 0.29) is 22.9 Å². The van der Waals surface area contributed by atoms with Gasteiger partial charge in [0.25, 0.3) is 0 Å². The monoisotopic (exact) mass is 518 g/mol. The summed E-state index contributed by atoms with van der Waals surface area (Å²) in [5.41, 5.74) is 3.90. The molecule has 10 nitrogen and oxygen atoms in total. The third-order valence-corrected chi connectivity index (χ3v) is 7.12. The molecule has 5 heterocycles. The van der Waals surface area contributed by atoms with Crippen molar-refractivity contribution in [2.45, 2.75) is 19.3 Å². The highest BCUT2D eigenvalue weighted by Crippen LogP contribution is 2.42. The lowest BCUT2D eigenvalue weighted by atomic mass is 10.0. The number of anilines is 2. The molecule has 4 N–H and O–H groups in total. The van der Waals surface area contributed by atoms with Crippen LogP contribution in [0.2, 0.25) is 0 Å². The normalized spacial score (nSPS) is 16.3. The van der Waals surface area contributed by atoms with E-state index in [0.29, 0.717) is 53.2 Å². The van der Waals surface area contributed by atoms with Crippen LogP contribution in [-0.4, -0.2) is 62.6 Å². The van der Waals surface area contributed by atoms with E-state index in [1.54, 1.807) is 37.1 Å². The summed E-state index contributed by atoms with van der Waals surface area (Å²) in [7, 11) is 3.43. The van der Waals surface area contributed by atoms with Crippen molar-refractivity contribution in [2.75, 3.05) is 37.0 Å². The van der Waals surface area contributed by atoms with Gasteiger partial charge in [-0.3, -0.25) is 4.79 Å². The lowest BCUT2D eigenvalue weighted by Gasteiger charge is -2.34. The van der Waals surface area contributed by atoms with Crippen LogP contribution in [0, 0.1) is 5.82 Å². The molecule has 0 saturated carbocycles. The molecule has 5 aromatic rings. The molecule has 0 unspecified atom stereocenters. The largest absolute Gasteiger partial charge is 0.386 e. The molecular weight excluding hydrogens is 491 g/mol. The minimum atomic E-state index is -1.91. The molecule has 1 aromatic carbocycles. The van der Waals surface area contributed by atoms with Gasteiger partial charge in [0, 0.05) is 62.3 Å². The molecule has 0 radical (unpaired) electrons. The summed E-state index contributed by atoms with van der Waals surface area (Å²) >= 11 is 0. The predicted molar refractivity (Wildman–Crippen MR) is 144 cm³/mol. The molecule has 6 rings (SSSR count). The van der Waals surface area contributed by atoms with Crippen LogP contribution in [-0.2, 0) is 11.8 Å². The molecule has 1 saturated heterocycles. The Morgan fingerprint density at radius 3 is 2.76 bits per heavy atom. The Bertz CT molecular complexity index is 1780. The quantitative estimate of drug-likeness (QED) is 0.267. The van der Waals surface area contributed by atoms with Gasteiger partial charge in [0.1, 0.15) is 17.1 Å². The number of nitrogens with one attached hydrogen (secondary N) is 2. The van der Waals surface area contributed by atoms with Gasteiger partial charge in [-0.05, 0) is 25.1 Å². The summed E-state index contributed by atoms with van der Waals surface area (Å²) in [5, 5.41) is 24.2. The Balaban J connectivity index is 1.68. The zero-order valence-electron chi connectivity index (χ0n) is 21.1. The van der Waals surface area contributed by atoms with E-state index in [0.717, 1.165) is 16.6 Å². The number of benzene rings is 1. The number of hydrogen-bond acceptors (Lipinski definition) is 8. The Hall–Kier alpha value is -4.06. The minimum absolute atomic E-state index is 0.0229. The standard InChI is InChI=1S/C27H27FN6O4/c1-13-11-34(4-5-38-13)23-18(10-30-25-21(23)16-7-15(28)8-20(29-2)22(16)32-25)14-6-17-24(35)19(27(36)37)12-33(3)26(17)31-9-14/h6-10,12-13,27,29,36-37H,4-5,11H2,1-3H3,(H,30,32)/t13-/m1/s1. The van der Waals surface area contributed by atoms with Gasteiger partial charge in [-0.1, -0.05) is 0 Å². The number of pyridine rings is 3. The van der Waals surface area contributed by atoms with Gasteiger partial charge < -0.3 is 34.7 Å². The minimum Gasteiger partial charge on any atom is -0.386 e. The second-order valence-electron chi connectivity index (χ2n) is 9.62. The van der Waals surface area contributed by atoms with Crippen molar-refractivity contribution >= 4 is 44.3 Å². The Morgan fingerprint density at radius 2 is 2.03 bits per heavy atom. The number of ether oxygens (including phenoxy) is 1. The number of halogens is 1. The molecule has 0 amide bonds. The number of H-pyrrole nitrogens is 1. The van der Waals surface area contributed by atoms with E-state index in [9.17, 15) is 19.4 Å². The molecule has 1 aliphatic rings. The highest BCUT2D eigenvalue weighted by atomic mass is 19.1. The molecule has 4 aromatic heterocycles. The van der Waals surface area contributed by atoms with Crippen LogP contribution < -0.4 is 15.6 Å². The molecule has 196 valence electrons. The molecule has 0 spiro atoms. The van der Waals surface area contributed by atoms with Crippen LogP contribution in [0.5, 0.6) is 0 Å². The molecule has 11 heteroatoms. The lowest BCUT2D eigenvalue weighted by Crippen LogP contribution is -2.41. The summed E-state index contributed by atoms with van der Waals surface area (Å²) in [6, 6.07) is 4.63. The number of nitrogens with zero attached hydrogens (tertiary/aromatic N) is 4. The first-order valence-corrected chi connectivity index (χ1v) is 12.3. The first-order chi connectivity index (χ1) is 18.3. The fourth-order valence-corrected chi connectivity index (χ4v) is 5.39. The maximum Gasteiger partial charge on any atom is 0.199 e. The van der Waals surface area contributed by atoms with Gasteiger partial charge >= 0.3 is 0 Å². The van der Waals surface area contributed by atoms with Crippen LogP contribution in [0.3, 0.4) is 0 Å².